The molecule has 0 spiro atoms. The first-order valence-corrected chi connectivity index (χ1v) is 13.3. The average molecular weight is 573 g/mol. The van der Waals surface area contributed by atoms with E-state index in [1.54, 1.807) is 24.3 Å². The molecule has 0 bridgehead atoms. The number of benzene rings is 2. The van der Waals surface area contributed by atoms with Crippen molar-refractivity contribution in [3.8, 4) is 6.07 Å². The van der Waals surface area contributed by atoms with Crippen LogP contribution in [0.15, 0.2) is 46.3 Å². The van der Waals surface area contributed by atoms with Crippen molar-refractivity contribution in [2.75, 3.05) is 26.7 Å². The van der Waals surface area contributed by atoms with Crippen LogP contribution < -0.4 is 0 Å². The molecule has 2 aliphatic rings. The van der Waals surface area contributed by atoms with Crippen LogP contribution in [-0.2, 0) is 17.5 Å². The molecule has 0 aliphatic carbocycles. The van der Waals surface area contributed by atoms with E-state index in [0.29, 0.717) is 26.5 Å². The van der Waals surface area contributed by atoms with Gasteiger partial charge in [-0.1, -0.05) is 23.7 Å². The molecule has 202 valence electrons. The second kappa shape index (κ2) is 10.0. The number of amides is 1. The summed E-state index contributed by atoms with van der Waals surface area (Å²) in [6.07, 6.45) is -2.88. The third kappa shape index (κ3) is 5.41. The summed E-state index contributed by atoms with van der Waals surface area (Å²) < 4.78 is 42.2. The summed E-state index contributed by atoms with van der Waals surface area (Å²) in [5.41, 5.74) is 0.315. The number of amidine groups is 1. The van der Waals surface area contributed by atoms with Gasteiger partial charge in [-0.3, -0.25) is 14.4 Å². The Balaban J connectivity index is 1.42. The first-order valence-electron chi connectivity index (χ1n) is 12.1. The van der Waals surface area contributed by atoms with E-state index in [9.17, 15) is 23.2 Å². The van der Waals surface area contributed by atoms with Gasteiger partial charge in [0.1, 0.15) is 6.07 Å². The molecule has 2 aliphatic heterocycles. The molecule has 1 amide bonds. The fraction of sp³-hybridized carbons (Fsp3) is 0.333. The molecule has 3 heterocycles. The van der Waals surface area contributed by atoms with Crippen LogP contribution in [0, 0.1) is 11.3 Å². The van der Waals surface area contributed by atoms with Crippen LogP contribution >= 0.6 is 23.4 Å². The van der Waals surface area contributed by atoms with E-state index in [1.165, 1.54) is 28.6 Å². The molecule has 7 nitrogen and oxygen atoms in total. The molecule has 12 heteroatoms. The van der Waals surface area contributed by atoms with Gasteiger partial charge in [0.05, 0.1) is 22.5 Å². The molecule has 2 aromatic carbocycles. The molecule has 3 aromatic rings. The highest BCUT2D eigenvalue weighted by Crippen LogP contribution is 2.36. The predicted molar refractivity (Wildman–Crippen MR) is 146 cm³/mol. The van der Waals surface area contributed by atoms with Gasteiger partial charge in [0.25, 0.3) is 5.91 Å². The lowest BCUT2D eigenvalue weighted by Crippen LogP contribution is -2.58. The first kappa shape index (κ1) is 27.2. The van der Waals surface area contributed by atoms with Crippen LogP contribution in [-0.4, -0.2) is 62.9 Å². The van der Waals surface area contributed by atoms with E-state index < -0.39 is 11.7 Å². The minimum Gasteiger partial charge on any atom is -0.348 e. The quantitative estimate of drug-likeness (QED) is 0.379. The second-order valence-electron chi connectivity index (χ2n) is 10.2. The van der Waals surface area contributed by atoms with Crippen molar-refractivity contribution in [1.29, 1.82) is 5.26 Å². The zero-order valence-corrected chi connectivity index (χ0v) is 23.0. The maximum absolute atomic E-state index is 13.6. The Morgan fingerprint density at radius 2 is 1.97 bits per heavy atom. The molecule has 39 heavy (non-hydrogen) atoms. The summed E-state index contributed by atoms with van der Waals surface area (Å²) in [6.45, 7) is 6.48. The lowest BCUT2D eigenvalue weighted by molar-refractivity contribution is -0.138. The highest BCUT2D eigenvalue weighted by Gasteiger charge is 2.36. The maximum Gasteiger partial charge on any atom is 0.416 e. The summed E-state index contributed by atoms with van der Waals surface area (Å²) in [5, 5.41) is 15.1. The van der Waals surface area contributed by atoms with Gasteiger partial charge in [0.15, 0.2) is 10.9 Å². The standard InChI is InChI=1S/C27H24ClF3N6OS/c1-26(2)15-36(9-8-35(26)3)25-33-24(38)23(39-25)11-16-4-7-22-19(10-16)21(13-32)34-37(22)14-17-5-6-18(28)12-20(17)27(29,30)31/h4-7,10-12H,8-9,14-15H2,1-3H3/b23-11-. The summed E-state index contributed by atoms with van der Waals surface area (Å²) in [5.74, 6) is -0.328. The van der Waals surface area contributed by atoms with Gasteiger partial charge >= 0.3 is 6.18 Å². The number of carbonyl (C=O) groups excluding carboxylic acids is 1. The van der Waals surface area contributed by atoms with Crippen LogP contribution in [0.5, 0.6) is 0 Å². The van der Waals surface area contributed by atoms with Gasteiger partial charge in [-0.05, 0) is 74.1 Å². The number of piperazine rings is 1. The second-order valence-corrected chi connectivity index (χ2v) is 11.6. The van der Waals surface area contributed by atoms with E-state index in [2.05, 4.69) is 40.8 Å². The number of carbonyl (C=O) groups is 1. The van der Waals surface area contributed by atoms with E-state index in [1.807, 2.05) is 6.07 Å². The number of aliphatic imine (C=N–C) groups is 1. The van der Waals surface area contributed by atoms with Gasteiger partial charge in [0.2, 0.25) is 0 Å². The van der Waals surface area contributed by atoms with Crippen LogP contribution in [0.25, 0.3) is 17.0 Å². The third-order valence-electron chi connectivity index (χ3n) is 7.07. The minimum absolute atomic E-state index is 0.0169. The number of likely N-dealkylation sites (N-methyl/N-ethyl adjacent to an activating group) is 1. The Labute approximate surface area is 232 Å². The number of hydrogen-bond acceptors (Lipinski definition) is 6. The number of nitriles is 1. The van der Waals surface area contributed by atoms with Gasteiger partial charge in [0, 0.05) is 35.6 Å². The Hall–Kier alpha value is -3.33. The highest BCUT2D eigenvalue weighted by molar-refractivity contribution is 8.18. The number of hydrogen-bond donors (Lipinski definition) is 0. The summed E-state index contributed by atoms with van der Waals surface area (Å²) in [4.78, 5) is 21.8. The maximum atomic E-state index is 13.6. The van der Waals surface area contributed by atoms with Crippen molar-refractivity contribution in [2.24, 2.45) is 4.99 Å². The number of aromatic nitrogens is 2. The molecule has 0 N–H and O–H groups in total. The number of rotatable bonds is 3. The lowest BCUT2D eigenvalue weighted by Gasteiger charge is -2.45. The van der Waals surface area contributed by atoms with Crippen LogP contribution in [0.3, 0.4) is 0 Å². The molecule has 0 unspecified atom stereocenters. The van der Waals surface area contributed by atoms with Crippen LogP contribution in [0.1, 0.15) is 36.2 Å². The molecule has 0 atom stereocenters. The topological polar surface area (TPSA) is 77.5 Å². The number of nitrogens with zero attached hydrogens (tertiary/aromatic N) is 6. The predicted octanol–water partition coefficient (Wildman–Crippen LogP) is 5.62. The summed E-state index contributed by atoms with van der Waals surface area (Å²) in [7, 11) is 2.08. The zero-order valence-electron chi connectivity index (χ0n) is 21.4. The fourth-order valence-electron chi connectivity index (χ4n) is 4.69. The number of fused-ring (bicyclic) bond motifs is 1. The lowest BCUT2D eigenvalue weighted by atomic mass is 10.0. The molecule has 1 saturated heterocycles. The normalized spacial score (nSPS) is 19.1. The van der Waals surface area contributed by atoms with Crippen molar-refractivity contribution in [1.82, 2.24) is 19.6 Å². The molecule has 1 aromatic heterocycles. The Kier molecular flexibility index (Phi) is 6.99. The molecular formula is C27H24ClF3N6OS. The fourth-order valence-corrected chi connectivity index (χ4v) is 5.80. The molecule has 1 fully saturated rings. The number of halogens is 4. The Morgan fingerprint density at radius 1 is 1.21 bits per heavy atom. The van der Waals surface area contributed by atoms with Gasteiger partial charge < -0.3 is 4.90 Å². The number of thioether (sulfide) groups is 1. The largest absolute Gasteiger partial charge is 0.416 e. The Morgan fingerprint density at radius 3 is 2.67 bits per heavy atom. The van der Waals surface area contributed by atoms with Crippen molar-refractivity contribution < 1.29 is 18.0 Å². The smallest absolute Gasteiger partial charge is 0.348 e. The van der Waals surface area contributed by atoms with Gasteiger partial charge in [-0.2, -0.15) is 28.5 Å². The van der Waals surface area contributed by atoms with E-state index in [0.717, 1.165) is 25.7 Å². The molecular weight excluding hydrogens is 549 g/mol. The summed E-state index contributed by atoms with van der Waals surface area (Å²) >= 11 is 7.12. The van der Waals surface area contributed by atoms with Crippen molar-refractivity contribution >= 4 is 51.4 Å². The molecule has 0 saturated carbocycles. The van der Waals surface area contributed by atoms with Gasteiger partial charge in [-0.15, -0.1) is 0 Å². The van der Waals surface area contributed by atoms with Crippen LogP contribution in [0.4, 0.5) is 13.2 Å². The SMILES string of the molecule is CN1CCN(C2=NC(=O)/C(=C/c3ccc4c(c3)c(C#N)nn4Cc3ccc(Cl)cc3C(F)(F)F)S2)CC1(C)C. The third-order valence-corrected chi connectivity index (χ3v) is 8.35. The van der Waals surface area contributed by atoms with Crippen LogP contribution in [0.2, 0.25) is 5.02 Å². The molecule has 5 rings (SSSR count). The monoisotopic (exact) mass is 572 g/mol. The zero-order chi connectivity index (χ0) is 28.1. The van der Waals surface area contributed by atoms with Crippen molar-refractivity contribution in [3.63, 3.8) is 0 Å². The molecule has 0 radical (unpaired) electrons. The highest BCUT2D eigenvalue weighted by atomic mass is 35.5. The van der Waals surface area contributed by atoms with E-state index >= 15 is 0 Å². The first-order chi connectivity index (χ1) is 18.4. The number of alkyl halides is 3. The van der Waals surface area contributed by atoms with E-state index in [-0.39, 0.29) is 34.3 Å². The van der Waals surface area contributed by atoms with Gasteiger partial charge in [-0.25, -0.2) is 0 Å². The average Bonchev–Trinajstić information content (AvgIpc) is 3.40. The van der Waals surface area contributed by atoms with Crippen molar-refractivity contribution in [2.45, 2.75) is 32.1 Å². The Bertz CT molecular complexity index is 1590. The van der Waals surface area contributed by atoms with Crippen molar-refractivity contribution in [3.05, 3.63) is 68.7 Å². The summed E-state index contributed by atoms with van der Waals surface area (Å²) in [6, 6.07) is 10.7. The van der Waals surface area contributed by atoms with E-state index in [4.69, 9.17) is 11.6 Å². The minimum atomic E-state index is -4.59.